The molecule has 1 rings (SSSR count). The van der Waals surface area contributed by atoms with Crippen LogP contribution in [-0.2, 0) is 24.9 Å². The maximum atomic E-state index is 12.2. The standard InChI is InChI=1S/C17H22IN3O6S/c18-11-4-2-1-3-10(11)8-28-9-13(17(27)20-7-15(24)25)21-16(26)12(19)5-6-14(22)23/h1-4,12-13H,5-9,19H2,(H,20,27)(H,21,26)(H,22,23)(H,24,25)/t12-,13-/m0/s1. The predicted molar refractivity (Wildman–Crippen MR) is 113 cm³/mol. The summed E-state index contributed by atoms with van der Waals surface area (Å²) in [5.74, 6) is -2.78. The summed E-state index contributed by atoms with van der Waals surface area (Å²) in [6, 6.07) is 5.65. The zero-order valence-electron chi connectivity index (χ0n) is 14.9. The lowest BCUT2D eigenvalue weighted by molar-refractivity contribution is -0.138. The van der Waals surface area contributed by atoms with E-state index < -0.39 is 42.4 Å². The number of rotatable bonds is 12. The molecule has 0 aliphatic carbocycles. The Morgan fingerprint density at radius 1 is 1.11 bits per heavy atom. The largest absolute Gasteiger partial charge is 0.481 e. The summed E-state index contributed by atoms with van der Waals surface area (Å²) in [5.41, 5.74) is 6.74. The number of benzene rings is 1. The summed E-state index contributed by atoms with van der Waals surface area (Å²) in [7, 11) is 0. The first kappa shape index (κ1) is 24.2. The van der Waals surface area contributed by atoms with Crippen LogP contribution in [0.3, 0.4) is 0 Å². The monoisotopic (exact) mass is 523 g/mol. The van der Waals surface area contributed by atoms with Gasteiger partial charge in [0.15, 0.2) is 0 Å². The number of thioether (sulfide) groups is 1. The molecule has 0 bridgehead atoms. The summed E-state index contributed by atoms with van der Waals surface area (Å²) in [4.78, 5) is 45.7. The van der Waals surface area contributed by atoms with Crippen molar-refractivity contribution in [2.24, 2.45) is 5.73 Å². The Morgan fingerprint density at radius 3 is 2.39 bits per heavy atom. The average molecular weight is 523 g/mol. The SMILES string of the molecule is N[C@@H](CCC(=O)O)C(=O)N[C@@H](CSCc1ccccc1I)C(=O)NCC(=O)O. The third-order valence-corrected chi connectivity index (χ3v) is 5.69. The van der Waals surface area contributed by atoms with Crippen molar-refractivity contribution in [3.05, 3.63) is 33.4 Å². The highest BCUT2D eigenvalue weighted by Gasteiger charge is 2.24. The lowest BCUT2D eigenvalue weighted by atomic mass is 10.1. The van der Waals surface area contributed by atoms with E-state index in [0.717, 1.165) is 9.13 Å². The van der Waals surface area contributed by atoms with Crippen LogP contribution in [0.2, 0.25) is 0 Å². The van der Waals surface area contributed by atoms with Crippen molar-refractivity contribution in [1.82, 2.24) is 10.6 Å². The predicted octanol–water partition coefficient (Wildman–Crippen LogP) is 0.402. The third-order valence-electron chi connectivity index (χ3n) is 3.55. The molecule has 0 unspecified atom stereocenters. The number of hydrogen-bond acceptors (Lipinski definition) is 6. The molecule has 2 amide bonds. The first-order valence-corrected chi connectivity index (χ1v) is 10.5. The van der Waals surface area contributed by atoms with E-state index in [9.17, 15) is 19.2 Å². The summed E-state index contributed by atoms with van der Waals surface area (Å²) in [6.45, 7) is -0.572. The van der Waals surface area contributed by atoms with Crippen LogP contribution in [0.5, 0.6) is 0 Å². The number of nitrogens with two attached hydrogens (primary N) is 1. The van der Waals surface area contributed by atoms with Crippen molar-refractivity contribution in [3.63, 3.8) is 0 Å². The molecule has 0 aliphatic rings. The Morgan fingerprint density at radius 2 is 1.79 bits per heavy atom. The van der Waals surface area contributed by atoms with Gasteiger partial charge >= 0.3 is 11.9 Å². The van der Waals surface area contributed by atoms with E-state index >= 15 is 0 Å². The first-order chi connectivity index (χ1) is 13.2. The van der Waals surface area contributed by atoms with E-state index in [2.05, 4.69) is 33.2 Å². The molecule has 1 aromatic rings. The number of carbonyl (C=O) groups excluding carboxylic acids is 2. The van der Waals surface area contributed by atoms with Gasteiger partial charge in [-0.05, 0) is 40.6 Å². The van der Waals surface area contributed by atoms with Crippen molar-refractivity contribution in [2.45, 2.75) is 30.7 Å². The number of nitrogens with one attached hydrogen (secondary N) is 2. The van der Waals surface area contributed by atoms with Gasteiger partial charge in [0, 0.05) is 21.5 Å². The summed E-state index contributed by atoms with van der Waals surface area (Å²) < 4.78 is 1.07. The van der Waals surface area contributed by atoms with Gasteiger partial charge in [-0.1, -0.05) is 18.2 Å². The fraction of sp³-hybridized carbons (Fsp3) is 0.412. The molecule has 9 nitrogen and oxygen atoms in total. The smallest absolute Gasteiger partial charge is 0.322 e. The fourth-order valence-electron chi connectivity index (χ4n) is 2.06. The van der Waals surface area contributed by atoms with Gasteiger partial charge in [-0.2, -0.15) is 11.8 Å². The Bertz CT molecular complexity index is 718. The number of amides is 2. The van der Waals surface area contributed by atoms with Gasteiger partial charge in [0.2, 0.25) is 11.8 Å². The average Bonchev–Trinajstić information content (AvgIpc) is 2.64. The van der Waals surface area contributed by atoms with Crippen molar-refractivity contribution in [1.29, 1.82) is 0 Å². The van der Waals surface area contributed by atoms with Crippen molar-refractivity contribution < 1.29 is 29.4 Å². The van der Waals surface area contributed by atoms with Gasteiger partial charge in [-0.3, -0.25) is 19.2 Å². The normalized spacial score (nSPS) is 12.6. The minimum Gasteiger partial charge on any atom is -0.481 e. The summed E-state index contributed by atoms with van der Waals surface area (Å²) in [6.07, 6.45) is -0.342. The Hall–Kier alpha value is -1.86. The van der Waals surface area contributed by atoms with Gasteiger partial charge in [-0.25, -0.2) is 0 Å². The summed E-state index contributed by atoms with van der Waals surface area (Å²) >= 11 is 3.60. The van der Waals surface area contributed by atoms with Crippen LogP contribution in [0, 0.1) is 3.57 Å². The molecule has 0 heterocycles. The van der Waals surface area contributed by atoms with Crippen LogP contribution >= 0.6 is 34.4 Å². The van der Waals surface area contributed by atoms with Crippen LogP contribution in [0.15, 0.2) is 24.3 Å². The second-order valence-corrected chi connectivity index (χ2v) is 8.01. The van der Waals surface area contributed by atoms with E-state index in [1.165, 1.54) is 11.8 Å². The molecule has 2 atom stereocenters. The molecule has 1 aromatic carbocycles. The van der Waals surface area contributed by atoms with E-state index in [4.69, 9.17) is 15.9 Å². The molecular weight excluding hydrogens is 501 g/mol. The highest BCUT2D eigenvalue weighted by atomic mass is 127. The molecule has 6 N–H and O–H groups in total. The second-order valence-electron chi connectivity index (χ2n) is 5.82. The van der Waals surface area contributed by atoms with Gasteiger partial charge in [0.05, 0.1) is 6.04 Å². The highest BCUT2D eigenvalue weighted by molar-refractivity contribution is 14.1. The number of halogens is 1. The van der Waals surface area contributed by atoms with Gasteiger partial charge in [0.25, 0.3) is 0 Å². The molecule has 0 spiro atoms. The molecule has 0 saturated carbocycles. The third kappa shape index (κ3) is 9.37. The Labute approximate surface area is 180 Å². The van der Waals surface area contributed by atoms with Crippen molar-refractivity contribution >= 4 is 58.1 Å². The van der Waals surface area contributed by atoms with Gasteiger partial charge in [-0.15, -0.1) is 0 Å². The van der Waals surface area contributed by atoms with Gasteiger partial charge in [0.1, 0.15) is 12.6 Å². The maximum Gasteiger partial charge on any atom is 0.322 e. The minimum absolute atomic E-state index is 0.0695. The van der Waals surface area contributed by atoms with Crippen molar-refractivity contribution in [3.8, 4) is 0 Å². The Balaban J connectivity index is 2.68. The van der Waals surface area contributed by atoms with E-state index in [1.807, 2.05) is 24.3 Å². The topological polar surface area (TPSA) is 159 Å². The molecule has 28 heavy (non-hydrogen) atoms. The molecule has 0 aliphatic heterocycles. The zero-order chi connectivity index (χ0) is 21.1. The quantitative estimate of drug-likeness (QED) is 0.246. The first-order valence-electron chi connectivity index (χ1n) is 8.29. The van der Waals surface area contributed by atoms with Gasteiger partial charge < -0.3 is 26.6 Å². The summed E-state index contributed by atoms with van der Waals surface area (Å²) in [5, 5.41) is 22.1. The lowest BCUT2D eigenvalue weighted by Crippen LogP contribution is -2.53. The number of hydrogen-bond donors (Lipinski definition) is 5. The number of aliphatic carboxylic acids is 2. The van der Waals surface area contributed by atoms with Crippen molar-refractivity contribution in [2.75, 3.05) is 12.3 Å². The molecule has 0 saturated heterocycles. The van der Waals surface area contributed by atoms with Crippen LogP contribution in [0.4, 0.5) is 0 Å². The maximum absolute atomic E-state index is 12.2. The number of carbonyl (C=O) groups is 4. The number of carboxylic acid groups (broad SMARTS) is 2. The fourth-order valence-corrected chi connectivity index (χ4v) is 3.96. The molecule has 0 radical (unpaired) electrons. The molecule has 154 valence electrons. The highest BCUT2D eigenvalue weighted by Crippen LogP contribution is 2.19. The van der Waals surface area contributed by atoms with Crippen LogP contribution in [0.25, 0.3) is 0 Å². The molecule has 0 fully saturated rings. The number of carboxylic acids is 2. The second kappa shape index (κ2) is 12.6. The molecular formula is C17H22IN3O6S. The van der Waals surface area contributed by atoms with Crippen LogP contribution < -0.4 is 16.4 Å². The Kier molecular flexibility index (Phi) is 10.9. The molecule has 11 heteroatoms. The van der Waals surface area contributed by atoms with Crippen LogP contribution in [-0.4, -0.2) is 58.3 Å². The zero-order valence-corrected chi connectivity index (χ0v) is 17.9. The minimum atomic E-state index is -1.21. The van der Waals surface area contributed by atoms with E-state index in [1.54, 1.807) is 0 Å². The van der Waals surface area contributed by atoms with Crippen LogP contribution in [0.1, 0.15) is 18.4 Å². The van der Waals surface area contributed by atoms with E-state index in [-0.39, 0.29) is 18.6 Å². The lowest BCUT2D eigenvalue weighted by Gasteiger charge is -2.20. The molecule has 0 aromatic heterocycles. The van der Waals surface area contributed by atoms with E-state index in [0.29, 0.717) is 5.75 Å².